The van der Waals surface area contributed by atoms with Crippen molar-refractivity contribution in [2.75, 3.05) is 0 Å². The van der Waals surface area contributed by atoms with Gasteiger partial charge in [0.15, 0.2) is 0 Å². The molecule has 1 aromatic rings. The molecule has 0 heterocycles. The van der Waals surface area contributed by atoms with Gasteiger partial charge in [0, 0.05) is 10.7 Å². The number of rotatable bonds is 3. The zero-order valence-electron chi connectivity index (χ0n) is 7.25. The summed E-state index contributed by atoms with van der Waals surface area (Å²) in [5.41, 5.74) is 0. The van der Waals surface area contributed by atoms with Crippen molar-refractivity contribution in [1.82, 2.24) is 0 Å². The molecule has 0 atom stereocenters. The summed E-state index contributed by atoms with van der Waals surface area (Å²) < 4.78 is 50.3. The van der Waals surface area contributed by atoms with E-state index < -0.39 is 15.7 Å². The average Bonchev–Trinajstić information content (AvgIpc) is 2.10. The van der Waals surface area contributed by atoms with Gasteiger partial charge in [0.25, 0.3) is 9.05 Å². The summed E-state index contributed by atoms with van der Waals surface area (Å²) in [5, 5.41) is 0. The van der Waals surface area contributed by atoms with Gasteiger partial charge in [-0.2, -0.15) is 8.78 Å². The first-order valence-corrected chi connectivity index (χ1v) is 7.50. The average molecular weight is 400 g/mol. The van der Waals surface area contributed by atoms with E-state index in [1.807, 2.05) is 0 Å². The highest BCUT2D eigenvalue weighted by molar-refractivity contribution is 9.13. The predicted octanol–water partition coefficient (Wildman–Crippen LogP) is 3.74. The van der Waals surface area contributed by atoms with Crippen LogP contribution in [0.2, 0.25) is 0 Å². The molecule has 9 heteroatoms. The zero-order chi connectivity index (χ0) is 12.5. The Bertz CT molecular complexity index is 507. The maximum absolute atomic E-state index is 12.0. The van der Waals surface area contributed by atoms with Gasteiger partial charge in [-0.05, 0) is 44.0 Å². The number of halogens is 5. The maximum Gasteiger partial charge on any atom is 0.387 e. The molecule has 0 N–H and O–H groups in total. The normalized spacial score (nSPS) is 11.9. The standard InChI is InChI=1S/C7H3Br2ClF2O3S/c8-5-3(15-7(11)12)1-2-4(6(5)9)16(10,13)14/h1-2,7H. The van der Waals surface area contributed by atoms with Crippen molar-refractivity contribution >= 4 is 51.6 Å². The number of alkyl halides is 2. The fraction of sp³-hybridized carbons (Fsp3) is 0.143. The van der Waals surface area contributed by atoms with Gasteiger partial charge in [0.1, 0.15) is 5.75 Å². The second-order valence-corrected chi connectivity index (χ2v) is 6.63. The second-order valence-electron chi connectivity index (χ2n) is 2.51. The Morgan fingerprint density at radius 3 is 2.25 bits per heavy atom. The Balaban J connectivity index is 3.29. The summed E-state index contributed by atoms with van der Waals surface area (Å²) in [7, 11) is 1.18. The molecule has 0 bridgehead atoms. The molecule has 90 valence electrons. The highest BCUT2D eigenvalue weighted by Crippen LogP contribution is 2.38. The molecular weight excluding hydrogens is 397 g/mol. The Morgan fingerprint density at radius 2 is 1.81 bits per heavy atom. The van der Waals surface area contributed by atoms with E-state index in [-0.39, 0.29) is 19.6 Å². The third-order valence-electron chi connectivity index (χ3n) is 1.49. The van der Waals surface area contributed by atoms with Crippen LogP contribution in [0.5, 0.6) is 5.75 Å². The summed E-state index contributed by atoms with van der Waals surface area (Å²) in [6.07, 6.45) is 0. The lowest BCUT2D eigenvalue weighted by molar-refractivity contribution is -0.0504. The Kier molecular flexibility index (Phi) is 4.56. The van der Waals surface area contributed by atoms with Crippen LogP contribution in [0.4, 0.5) is 8.78 Å². The van der Waals surface area contributed by atoms with Crippen LogP contribution >= 0.6 is 42.5 Å². The van der Waals surface area contributed by atoms with E-state index in [1.54, 1.807) is 0 Å². The fourth-order valence-electron chi connectivity index (χ4n) is 0.889. The SMILES string of the molecule is O=S(=O)(Cl)c1ccc(OC(F)F)c(Br)c1Br. The van der Waals surface area contributed by atoms with Crippen molar-refractivity contribution in [1.29, 1.82) is 0 Å². The smallest absolute Gasteiger partial charge is 0.387 e. The summed E-state index contributed by atoms with van der Waals surface area (Å²) in [6, 6.07) is 2.14. The van der Waals surface area contributed by atoms with Crippen molar-refractivity contribution in [2.45, 2.75) is 11.5 Å². The summed E-state index contributed by atoms with van der Waals surface area (Å²) in [6.45, 7) is -3.00. The quantitative estimate of drug-likeness (QED) is 0.726. The molecule has 0 amide bonds. The molecule has 0 aromatic heterocycles. The lowest BCUT2D eigenvalue weighted by Crippen LogP contribution is -2.03. The van der Waals surface area contributed by atoms with Crippen molar-refractivity contribution in [3.63, 3.8) is 0 Å². The lowest BCUT2D eigenvalue weighted by atomic mass is 10.3. The van der Waals surface area contributed by atoms with Crippen molar-refractivity contribution < 1.29 is 21.9 Å². The van der Waals surface area contributed by atoms with Crippen LogP contribution in [0, 0.1) is 0 Å². The lowest BCUT2D eigenvalue weighted by Gasteiger charge is -2.09. The molecule has 0 aliphatic rings. The van der Waals surface area contributed by atoms with Crippen LogP contribution in [0.3, 0.4) is 0 Å². The zero-order valence-corrected chi connectivity index (χ0v) is 12.0. The van der Waals surface area contributed by atoms with E-state index in [2.05, 4.69) is 36.6 Å². The molecule has 0 saturated carbocycles. The van der Waals surface area contributed by atoms with Gasteiger partial charge >= 0.3 is 6.61 Å². The first-order valence-electron chi connectivity index (χ1n) is 3.61. The van der Waals surface area contributed by atoms with Gasteiger partial charge in [-0.15, -0.1) is 0 Å². The van der Waals surface area contributed by atoms with Crippen LogP contribution in [0.1, 0.15) is 0 Å². The number of hydrogen-bond acceptors (Lipinski definition) is 3. The van der Waals surface area contributed by atoms with Crippen molar-refractivity contribution in [3.05, 3.63) is 21.1 Å². The van der Waals surface area contributed by atoms with Gasteiger partial charge in [-0.1, -0.05) is 0 Å². The molecule has 0 aliphatic carbocycles. The van der Waals surface area contributed by atoms with Gasteiger partial charge in [-0.3, -0.25) is 0 Å². The van der Waals surface area contributed by atoms with Gasteiger partial charge < -0.3 is 4.74 Å². The first-order chi connectivity index (χ1) is 7.23. The molecular formula is C7H3Br2ClF2O3S. The highest BCUT2D eigenvalue weighted by atomic mass is 79.9. The van der Waals surface area contributed by atoms with Crippen LogP contribution in [-0.4, -0.2) is 15.0 Å². The van der Waals surface area contributed by atoms with Gasteiger partial charge in [-0.25, -0.2) is 8.42 Å². The molecule has 1 aromatic carbocycles. The monoisotopic (exact) mass is 398 g/mol. The second kappa shape index (κ2) is 5.16. The summed E-state index contributed by atoms with van der Waals surface area (Å²) >= 11 is 5.85. The van der Waals surface area contributed by atoms with Gasteiger partial charge in [0.05, 0.1) is 13.8 Å². The van der Waals surface area contributed by atoms with E-state index in [0.29, 0.717) is 0 Å². The fourth-order valence-corrected chi connectivity index (χ4v) is 3.64. The molecule has 0 radical (unpaired) electrons. The molecule has 0 fully saturated rings. The highest BCUT2D eigenvalue weighted by Gasteiger charge is 2.20. The number of hydrogen-bond donors (Lipinski definition) is 0. The van der Waals surface area contributed by atoms with Crippen LogP contribution in [0.25, 0.3) is 0 Å². The Labute approximate surface area is 111 Å². The van der Waals surface area contributed by atoms with E-state index in [1.165, 1.54) is 0 Å². The van der Waals surface area contributed by atoms with E-state index in [9.17, 15) is 17.2 Å². The minimum atomic E-state index is -3.95. The maximum atomic E-state index is 12.0. The topological polar surface area (TPSA) is 43.4 Å². The Morgan fingerprint density at radius 1 is 1.25 bits per heavy atom. The molecule has 0 saturated heterocycles. The number of benzene rings is 1. The molecule has 0 spiro atoms. The van der Waals surface area contributed by atoms with Crippen LogP contribution in [-0.2, 0) is 9.05 Å². The van der Waals surface area contributed by atoms with Crippen molar-refractivity contribution in [2.24, 2.45) is 0 Å². The minimum Gasteiger partial charge on any atom is -0.434 e. The predicted molar refractivity (Wildman–Crippen MR) is 61.5 cm³/mol. The van der Waals surface area contributed by atoms with E-state index in [4.69, 9.17) is 10.7 Å². The van der Waals surface area contributed by atoms with E-state index >= 15 is 0 Å². The number of ether oxygens (including phenoxy) is 1. The third-order valence-corrected chi connectivity index (χ3v) is 5.26. The van der Waals surface area contributed by atoms with Gasteiger partial charge in [0.2, 0.25) is 0 Å². The first kappa shape index (κ1) is 14.1. The summed E-state index contributed by atoms with van der Waals surface area (Å²) in [4.78, 5) is -0.234. The van der Waals surface area contributed by atoms with E-state index in [0.717, 1.165) is 12.1 Å². The minimum absolute atomic E-state index is 0.0284. The summed E-state index contributed by atoms with van der Waals surface area (Å²) in [5.74, 6) is -0.189. The Hall–Kier alpha value is 0.0800. The van der Waals surface area contributed by atoms with Crippen LogP contribution < -0.4 is 4.74 Å². The molecule has 0 unspecified atom stereocenters. The van der Waals surface area contributed by atoms with Crippen molar-refractivity contribution in [3.8, 4) is 5.75 Å². The largest absolute Gasteiger partial charge is 0.434 e. The molecule has 3 nitrogen and oxygen atoms in total. The van der Waals surface area contributed by atoms with Crippen LogP contribution in [0.15, 0.2) is 26.0 Å². The third kappa shape index (κ3) is 3.28. The molecule has 0 aliphatic heterocycles. The molecule has 16 heavy (non-hydrogen) atoms. The molecule has 1 rings (SSSR count).